The van der Waals surface area contributed by atoms with Gasteiger partial charge < -0.3 is 5.32 Å². The van der Waals surface area contributed by atoms with Crippen LogP contribution >= 0.6 is 0 Å². The number of halogens is 1. The molecule has 3 nitrogen and oxygen atoms in total. The lowest BCUT2D eigenvalue weighted by atomic mass is 10.1. The molecule has 1 heterocycles. The zero-order valence-corrected chi connectivity index (χ0v) is 11.7. The highest BCUT2D eigenvalue weighted by Crippen LogP contribution is 2.16. The van der Waals surface area contributed by atoms with Crippen LogP contribution in [0.15, 0.2) is 18.3 Å². The SMILES string of the molecule is Cc1cnc(C)c(NCc2cc(C)c(F)c(C)c2)n1. The molecule has 0 fully saturated rings. The van der Waals surface area contributed by atoms with Crippen molar-refractivity contribution >= 4 is 5.82 Å². The number of anilines is 1. The van der Waals surface area contributed by atoms with E-state index in [1.165, 1.54) is 0 Å². The van der Waals surface area contributed by atoms with Gasteiger partial charge in [0.25, 0.3) is 0 Å². The summed E-state index contributed by atoms with van der Waals surface area (Å²) in [7, 11) is 0. The highest BCUT2D eigenvalue weighted by atomic mass is 19.1. The monoisotopic (exact) mass is 259 g/mol. The van der Waals surface area contributed by atoms with Gasteiger partial charge in [0.2, 0.25) is 0 Å². The molecule has 0 spiro atoms. The molecule has 2 rings (SSSR count). The van der Waals surface area contributed by atoms with Crippen molar-refractivity contribution in [2.75, 3.05) is 5.32 Å². The van der Waals surface area contributed by atoms with Crippen LogP contribution in [0.1, 0.15) is 28.1 Å². The number of aryl methyl sites for hydroxylation is 4. The highest BCUT2D eigenvalue weighted by molar-refractivity contribution is 5.41. The van der Waals surface area contributed by atoms with E-state index >= 15 is 0 Å². The van der Waals surface area contributed by atoms with Crippen LogP contribution in [0, 0.1) is 33.5 Å². The van der Waals surface area contributed by atoms with Crippen molar-refractivity contribution in [2.45, 2.75) is 34.2 Å². The average Bonchev–Trinajstić information content (AvgIpc) is 2.37. The van der Waals surface area contributed by atoms with Gasteiger partial charge in [0, 0.05) is 12.7 Å². The van der Waals surface area contributed by atoms with Crippen molar-refractivity contribution in [2.24, 2.45) is 0 Å². The van der Waals surface area contributed by atoms with Crippen LogP contribution in [-0.4, -0.2) is 9.97 Å². The molecule has 0 unspecified atom stereocenters. The molecule has 0 aliphatic heterocycles. The van der Waals surface area contributed by atoms with Crippen LogP contribution in [0.5, 0.6) is 0 Å². The summed E-state index contributed by atoms with van der Waals surface area (Å²) in [6.07, 6.45) is 1.74. The lowest BCUT2D eigenvalue weighted by Crippen LogP contribution is -2.06. The molecule has 19 heavy (non-hydrogen) atoms. The fourth-order valence-corrected chi connectivity index (χ4v) is 2.03. The van der Waals surface area contributed by atoms with Gasteiger partial charge in [-0.25, -0.2) is 9.37 Å². The number of benzene rings is 1. The summed E-state index contributed by atoms with van der Waals surface area (Å²) in [6.45, 7) is 7.99. The molecule has 0 aliphatic carbocycles. The van der Waals surface area contributed by atoms with E-state index in [-0.39, 0.29) is 5.82 Å². The Morgan fingerprint density at radius 1 is 1.11 bits per heavy atom. The molecule has 1 aromatic carbocycles. The molecule has 0 aliphatic rings. The average molecular weight is 259 g/mol. The summed E-state index contributed by atoms with van der Waals surface area (Å²) >= 11 is 0. The number of nitrogens with zero attached hydrogens (tertiary/aromatic N) is 2. The third kappa shape index (κ3) is 3.08. The van der Waals surface area contributed by atoms with Gasteiger partial charge in [-0.2, -0.15) is 0 Å². The van der Waals surface area contributed by atoms with Gasteiger partial charge in [-0.15, -0.1) is 0 Å². The van der Waals surface area contributed by atoms with Gasteiger partial charge in [-0.3, -0.25) is 4.98 Å². The first-order valence-electron chi connectivity index (χ1n) is 6.27. The van der Waals surface area contributed by atoms with Crippen LogP contribution < -0.4 is 5.32 Å². The molecule has 0 saturated carbocycles. The van der Waals surface area contributed by atoms with Crippen molar-refractivity contribution < 1.29 is 4.39 Å². The van der Waals surface area contributed by atoms with E-state index in [4.69, 9.17) is 0 Å². The molecule has 1 N–H and O–H groups in total. The van der Waals surface area contributed by atoms with Gasteiger partial charge in [0.1, 0.15) is 11.6 Å². The molecule has 0 bridgehead atoms. The molecule has 0 radical (unpaired) electrons. The summed E-state index contributed by atoms with van der Waals surface area (Å²) in [5.41, 5.74) is 4.12. The zero-order chi connectivity index (χ0) is 14.0. The van der Waals surface area contributed by atoms with E-state index in [1.807, 2.05) is 26.0 Å². The highest BCUT2D eigenvalue weighted by Gasteiger charge is 2.06. The van der Waals surface area contributed by atoms with Crippen LogP contribution in [0.3, 0.4) is 0 Å². The van der Waals surface area contributed by atoms with Gasteiger partial charge in [0.05, 0.1) is 11.4 Å². The standard InChI is InChI=1S/C15H18FN3/c1-9-5-13(6-10(2)14(9)16)8-18-15-12(4)17-7-11(3)19-15/h5-7H,8H2,1-4H3,(H,18,19). The minimum Gasteiger partial charge on any atom is -0.364 e. The van der Waals surface area contributed by atoms with Gasteiger partial charge in [0.15, 0.2) is 0 Å². The Hall–Kier alpha value is -1.97. The maximum absolute atomic E-state index is 13.5. The van der Waals surface area contributed by atoms with Crippen molar-refractivity contribution in [3.05, 3.63) is 52.2 Å². The topological polar surface area (TPSA) is 37.8 Å². The number of aromatic nitrogens is 2. The predicted octanol–water partition coefficient (Wildman–Crippen LogP) is 3.46. The van der Waals surface area contributed by atoms with Crippen molar-refractivity contribution in [1.29, 1.82) is 0 Å². The first kappa shape index (κ1) is 13.5. The van der Waals surface area contributed by atoms with E-state index < -0.39 is 0 Å². The van der Waals surface area contributed by atoms with Gasteiger partial charge in [-0.05, 0) is 44.4 Å². The van der Waals surface area contributed by atoms with E-state index in [1.54, 1.807) is 20.0 Å². The van der Waals surface area contributed by atoms with Crippen molar-refractivity contribution in [3.63, 3.8) is 0 Å². The Bertz CT molecular complexity index is 585. The fourth-order valence-electron chi connectivity index (χ4n) is 2.03. The first-order chi connectivity index (χ1) is 8.97. The Morgan fingerprint density at radius 2 is 1.74 bits per heavy atom. The lowest BCUT2D eigenvalue weighted by molar-refractivity contribution is 0.608. The van der Waals surface area contributed by atoms with E-state index in [0.717, 1.165) is 22.8 Å². The minimum atomic E-state index is -0.129. The van der Waals surface area contributed by atoms with E-state index in [2.05, 4.69) is 15.3 Å². The Labute approximate surface area is 112 Å². The second-order valence-corrected chi connectivity index (χ2v) is 4.84. The maximum Gasteiger partial charge on any atom is 0.148 e. The number of nitrogens with one attached hydrogen (secondary N) is 1. The Balaban J connectivity index is 2.17. The molecular formula is C15H18FN3. The predicted molar refractivity (Wildman–Crippen MR) is 74.7 cm³/mol. The summed E-state index contributed by atoms with van der Waals surface area (Å²) < 4.78 is 13.5. The van der Waals surface area contributed by atoms with Crippen LogP contribution in [0.25, 0.3) is 0 Å². The maximum atomic E-state index is 13.5. The second kappa shape index (κ2) is 5.34. The molecule has 2 aromatic rings. The summed E-state index contributed by atoms with van der Waals surface area (Å²) in [5.74, 6) is 0.648. The second-order valence-electron chi connectivity index (χ2n) is 4.84. The van der Waals surface area contributed by atoms with Crippen LogP contribution in [0.2, 0.25) is 0 Å². The summed E-state index contributed by atoms with van der Waals surface area (Å²) in [6, 6.07) is 3.71. The smallest absolute Gasteiger partial charge is 0.148 e. The molecule has 0 saturated heterocycles. The molecular weight excluding hydrogens is 241 g/mol. The number of hydrogen-bond donors (Lipinski definition) is 1. The van der Waals surface area contributed by atoms with Crippen LogP contribution in [0.4, 0.5) is 10.2 Å². The molecule has 0 amide bonds. The molecule has 100 valence electrons. The molecule has 4 heteroatoms. The quantitative estimate of drug-likeness (QED) is 0.917. The fraction of sp³-hybridized carbons (Fsp3) is 0.333. The first-order valence-corrected chi connectivity index (χ1v) is 6.27. The summed E-state index contributed by atoms with van der Waals surface area (Å²) in [5, 5.41) is 3.25. The van der Waals surface area contributed by atoms with E-state index in [9.17, 15) is 4.39 Å². The number of hydrogen-bond acceptors (Lipinski definition) is 3. The van der Waals surface area contributed by atoms with Crippen LogP contribution in [-0.2, 0) is 6.54 Å². The Kier molecular flexibility index (Phi) is 3.79. The normalized spacial score (nSPS) is 10.6. The minimum absolute atomic E-state index is 0.129. The lowest BCUT2D eigenvalue weighted by Gasteiger charge is -2.10. The Morgan fingerprint density at radius 3 is 2.37 bits per heavy atom. The van der Waals surface area contributed by atoms with Gasteiger partial charge in [-0.1, -0.05) is 12.1 Å². The van der Waals surface area contributed by atoms with Crippen molar-refractivity contribution in [3.8, 4) is 0 Å². The molecule has 0 atom stereocenters. The third-order valence-corrected chi connectivity index (χ3v) is 3.03. The van der Waals surface area contributed by atoms with E-state index in [0.29, 0.717) is 17.7 Å². The summed E-state index contributed by atoms with van der Waals surface area (Å²) in [4.78, 5) is 8.66. The van der Waals surface area contributed by atoms with Gasteiger partial charge >= 0.3 is 0 Å². The largest absolute Gasteiger partial charge is 0.364 e. The number of rotatable bonds is 3. The third-order valence-electron chi connectivity index (χ3n) is 3.03. The molecule has 1 aromatic heterocycles. The van der Waals surface area contributed by atoms with Crippen molar-refractivity contribution in [1.82, 2.24) is 9.97 Å². The zero-order valence-electron chi connectivity index (χ0n) is 11.7.